The molecule has 0 saturated carbocycles. The Morgan fingerprint density at radius 2 is 1.75 bits per heavy atom. The summed E-state index contributed by atoms with van der Waals surface area (Å²) in [6.45, 7) is 7.55. The summed E-state index contributed by atoms with van der Waals surface area (Å²) in [4.78, 5) is 25.3. The molecule has 0 aliphatic carbocycles. The van der Waals surface area contributed by atoms with E-state index < -0.39 is 0 Å². The van der Waals surface area contributed by atoms with E-state index in [2.05, 4.69) is 12.2 Å². The van der Waals surface area contributed by atoms with Gasteiger partial charge in [0.2, 0.25) is 11.8 Å². The van der Waals surface area contributed by atoms with Gasteiger partial charge in [0.15, 0.2) is 0 Å². The zero-order valence-electron chi connectivity index (χ0n) is 12.3. The topological polar surface area (TPSA) is 62.6 Å². The maximum Gasteiger partial charge on any atom is 0.233 e. The zero-order chi connectivity index (χ0) is 14.7. The summed E-state index contributed by atoms with van der Waals surface area (Å²) in [5.74, 6) is 0.801. The molecule has 0 spiro atoms. The first-order valence-electron chi connectivity index (χ1n) is 7.18. The predicted octanol–water partition coefficient (Wildman–Crippen LogP) is 1.92. The van der Waals surface area contributed by atoms with Crippen molar-refractivity contribution in [3.63, 3.8) is 0 Å². The third-order valence-corrected chi connectivity index (χ3v) is 3.82. The van der Waals surface area contributed by atoms with Crippen LogP contribution in [0.2, 0.25) is 0 Å². The Bertz CT molecular complexity index is 475. The lowest BCUT2D eigenvalue weighted by molar-refractivity contribution is -0.140. The second kappa shape index (κ2) is 6.22. The molecule has 1 saturated heterocycles. The third-order valence-electron chi connectivity index (χ3n) is 3.82. The number of carbonyl (C=O) groups excluding carboxylic acids is 2. The number of furan rings is 1. The molecule has 1 fully saturated rings. The number of nitrogens with one attached hydrogen (secondary N) is 1. The fraction of sp³-hybridized carbons (Fsp3) is 0.600. The molecule has 110 valence electrons. The summed E-state index contributed by atoms with van der Waals surface area (Å²) >= 11 is 0. The second-order valence-electron chi connectivity index (χ2n) is 5.38. The highest BCUT2D eigenvalue weighted by Crippen LogP contribution is 2.27. The number of imide groups is 1. The van der Waals surface area contributed by atoms with Gasteiger partial charge < -0.3 is 9.73 Å². The van der Waals surface area contributed by atoms with Gasteiger partial charge in [-0.1, -0.05) is 20.8 Å². The van der Waals surface area contributed by atoms with E-state index in [1.807, 2.05) is 12.1 Å². The van der Waals surface area contributed by atoms with Crippen LogP contribution in [0.4, 0.5) is 0 Å². The minimum atomic E-state index is -0.233. The van der Waals surface area contributed by atoms with Crippen molar-refractivity contribution in [3.05, 3.63) is 23.7 Å². The summed E-state index contributed by atoms with van der Waals surface area (Å²) in [5, 5.41) is 3.25. The lowest BCUT2D eigenvalue weighted by atomic mass is 10.00. The summed E-state index contributed by atoms with van der Waals surface area (Å²) < 4.78 is 5.65. The summed E-state index contributed by atoms with van der Waals surface area (Å²) in [5.41, 5.74) is 0. The SMILES string of the molecule is CCCNCc1ccc(CN2C(=O)C(C)C(C)C2=O)o1. The van der Waals surface area contributed by atoms with Crippen LogP contribution in [0.5, 0.6) is 0 Å². The van der Waals surface area contributed by atoms with Gasteiger partial charge in [-0.25, -0.2) is 0 Å². The van der Waals surface area contributed by atoms with E-state index in [-0.39, 0.29) is 30.2 Å². The largest absolute Gasteiger partial charge is 0.463 e. The van der Waals surface area contributed by atoms with Crippen LogP contribution in [0.15, 0.2) is 16.5 Å². The number of hydrogen-bond acceptors (Lipinski definition) is 4. The van der Waals surface area contributed by atoms with E-state index in [0.717, 1.165) is 18.7 Å². The van der Waals surface area contributed by atoms with Crippen molar-refractivity contribution in [2.75, 3.05) is 6.54 Å². The van der Waals surface area contributed by atoms with Crippen LogP contribution in [-0.2, 0) is 22.7 Å². The Labute approximate surface area is 119 Å². The standard InChI is InChI=1S/C15H22N2O3/c1-4-7-16-8-12-5-6-13(20-12)9-17-14(18)10(2)11(3)15(17)19/h5-6,10-11,16H,4,7-9H2,1-3H3. The van der Waals surface area contributed by atoms with Gasteiger partial charge >= 0.3 is 0 Å². The molecule has 2 atom stereocenters. The molecule has 20 heavy (non-hydrogen) atoms. The van der Waals surface area contributed by atoms with Gasteiger partial charge in [0, 0.05) is 11.8 Å². The van der Waals surface area contributed by atoms with Crippen LogP contribution in [0.25, 0.3) is 0 Å². The predicted molar refractivity (Wildman–Crippen MR) is 74.6 cm³/mol. The Morgan fingerprint density at radius 1 is 1.15 bits per heavy atom. The van der Waals surface area contributed by atoms with Gasteiger partial charge in [-0.3, -0.25) is 14.5 Å². The van der Waals surface area contributed by atoms with Crippen LogP contribution in [-0.4, -0.2) is 23.3 Å². The Hall–Kier alpha value is -1.62. The smallest absolute Gasteiger partial charge is 0.233 e. The maximum atomic E-state index is 12.0. The highest BCUT2D eigenvalue weighted by atomic mass is 16.3. The van der Waals surface area contributed by atoms with Gasteiger partial charge in [-0.15, -0.1) is 0 Å². The fourth-order valence-electron chi connectivity index (χ4n) is 2.33. The first-order valence-corrected chi connectivity index (χ1v) is 7.18. The molecule has 1 aliphatic heterocycles. The van der Waals surface area contributed by atoms with Crippen molar-refractivity contribution in [1.82, 2.24) is 10.2 Å². The minimum Gasteiger partial charge on any atom is -0.463 e. The number of nitrogens with zero attached hydrogens (tertiary/aromatic N) is 1. The third kappa shape index (κ3) is 2.93. The van der Waals surface area contributed by atoms with Gasteiger partial charge in [0.05, 0.1) is 13.1 Å². The monoisotopic (exact) mass is 278 g/mol. The maximum absolute atomic E-state index is 12.0. The zero-order valence-corrected chi connectivity index (χ0v) is 12.3. The van der Waals surface area contributed by atoms with Crippen LogP contribution in [0, 0.1) is 11.8 Å². The molecule has 0 aromatic carbocycles. The molecule has 1 aromatic rings. The lowest BCUT2D eigenvalue weighted by Crippen LogP contribution is -2.30. The minimum absolute atomic E-state index is 0.107. The summed E-state index contributed by atoms with van der Waals surface area (Å²) in [7, 11) is 0. The van der Waals surface area contributed by atoms with E-state index in [0.29, 0.717) is 12.3 Å². The van der Waals surface area contributed by atoms with E-state index >= 15 is 0 Å². The number of likely N-dealkylation sites (tertiary alicyclic amines) is 1. The molecule has 2 rings (SSSR count). The molecule has 0 bridgehead atoms. The van der Waals surface area contributed by atoms with Crippen molar-refractivity contribution >= 4 is 11.8 Å². The Kier molecular flexibility index (Phi) is 4.60. The Morgan fingerprint density at radius 3 is 2.35 bits per heavy atom. The van der Waals surface area contributed by atoms with Gasteiger partial charge in [0.25, 0.3) is 0 Å². The molecule has 0 radical (unpaired) electrons. The average molecular weight is 278 g/mol. The van der Waals surface area contributed by atoms with Gasteiger partial charge in [-0.2, -0.15) is 0 Å². The van der Waals surface area contributed by atoms with Crippen LogP contribution >= 0.6 is 0 Å². The molecule has 1 aromatic heterocycles. The lowest BCUT2D eigenvalue weighted by Gasteiger charge is -2.12. The second-order valence-corrected chi connectivity index (χ2v) is 5.38. The average Bonchev–Trinajstić information content (AvgIpc) is 2.95. The summed E-state index contributed by atoms with van der Waals surface area (Å²) in [6.07, 6.45) is 1.07. The van der Waals surface area contributed by atoms with E-state index in [4.69, 9.17) is 4.42 Å². The van der Waals surface area contributed by atoms with Gasteiger partial charge in [0.1, 0.15) is 11.5 Å². The van der Waals surface area contributed by atoms with E-state index in [1.165, 1.54) is 4.90 Å². The van der Waals surface area contributed by atoms with E-state index in [1.54, 1.807) is 13.8 Å². The molecule has 5 nitrogen and oxygen atoms in total. The normalized spacial score (nSPS) is 22.9. The van der Waals surface area contributed by atoms with E-state index in [9.17, 15) is 9.59 Å². The van der Waals surface area contributed by atoms with Crippen molar-refractivity contribution in [3.8, 4) is 0 Å². The van der Waals surface area contributed by atoms with Crippen LogP contribution in [0.3, 0.4) is 0 Å². The van der Waals surface area contributed by atoms with Crippen molar-refractivity contribution < 1.29 is 14.0 Å². The van der Waals surface area contributed by atoms with Crippen molar-refractivity contribution in [2.45, 2.75) is 40.3 Å². The Balaban J connectivity index is 1.97. The number of amides is 2. The van der Waals surface area contributed by atoms with Gasteiger partial charge in [-0.05, 0) is 25.1 Å². The first-order chi connectivity index (χ1) is 9.54. The molecular formula is C15H22N2O3. The quantitative estimate of drug-likeness (QED) is 0.638. The molecule has 1 aliphatic rings. The van der Waals surface area contributed by atoms with Crippen molar-refractivity contribution in [2.24, 2.45) is 11.8 Å². The molecule has 5 heteroatoms. The summed E-state index contributed by atoms with van der Waals surface area (Å²) in [6, 6.07) is 3.72. The number of hydrogen-bond donors (Lipinski definition) is 1. The fourth-order valence-corrected chi connectivity index (χ4v) is 2.33. The molecule has 2 heterocycles. The number of rotatable bonds is 6. The number of carbonyl (C=O) groups is 2. The first kappa shape index (κ1) is 14.8. The molecular weight excluding hydrogens is 256 g/mol. The van der Waals surface area contributed by atoms with Crippen molar-refractivity contribution in [1.29, 1.82) is 0 Å². The molecule has 2 unspecified atom stereocenters. The molecule has 1 N–H and O–H groups in total. The van der Waals surface area contributed by atoms with Crippen LogP contribution in [0.1, 0.15) is 38.7 Å². The molecule has 2 amide bonds. The van der Waals surface area contributed by atoms with Crippen LogP contribution < -0.4 is 5.32 Å². The highest BCUT2D eigenvalue weighted by molar-refractivity contribution is 6.04. The highest BCUT2D eigenvalue weighted by Gasteiger charge is 2.42.